The molecule has 5 nitrogen and oxygen atoms in total. The van der Waals surface area contributed by atoms with Crippen LogP contribution in [0.4, 0.5) is 11.4 Å². The van der Waals surface area contributed by atoms with Gasteiger partial charge in [0.05, 0.1) is 6.61 Å². The summed E-state index contributed by atoms with van der Waals surface area (Å²) in [5, 5.41) is 12.3. The van der Waals surface area contributed by atoms with Crippen molar-refractivity contribution in [3.63, 3.8) is 0 Å². The van der Waals surface area contributed by atoms with Crippen molar-refractivity contribution in [2.75, 3.05) is 17.3 Å². The number of benzene rings is 3. The molecule has 0 saturated heterocycles. The fourth-order valence-electron chi connectivity index (χ4n) is 2.88. The summed E-state index contributed by atoms with van der Waals surface area (Å²) in [6, 6.07) is 21.3. The molecule has 3 aromatic carbocycles. The van der Waals surface area contributed by atoms with Gasteiger partial charge in [-0.25, -0.2) is 0 Å². The molecular formula is C23H22N2O3. The molecule has 0 atom stereocenters. The summed E-state index contributed by atoms with van der Waals surface area (Å²) in [6.07, 6.45) is 0. The predicted molar refractivity (Wildman–Crippen MR) is 111 cm³/mol. The molecule has 0 spiro atoms. The largest absolute Gasteiger partial charge is 0.392 e. The lowest BCUT2D eigenvalue weighted by molar-refractivity contribution is 0.0989. The van der Waals surface area contributed by atoms with E-state index < -0.39 is 0 Å². The quantitative estimate of drug-likeness (QED) is 0.709. The van der Waals surface area contributed by atoms with Crippen LogP contribution in [0.25, 0.3) is 0 Å². The number of rotatable bonds is 5. The van der Waals surface area contributed by atoms with Gasteiger partial charge in [0.2, 0.25) is 0 Å². The van der Waals surface area contributed by atoms with Gasteiger partial charge in [-0.2, -0.15) is 0 Å². The van der Waals surface area contributed by atoms with Gasteiger partial charge in [0, 0.05) is 35.1 Å². The van der Waals surface area contributed by atoms with Crippen LogP contribution in [-0.2, 0) is 6.61 Å². The first kappa shape index (κ1) is 19.3. The molecule has 0 aliphatic rings. The molecule has 142 valence electrons. The number of amides is 2. The highest BCUT2D eigenvalue weighted by Gasteiger charge is 2.16. The summed E-state index contributed by atoms with van der Waals surface area (Å²) >= 11 is 0. The lowest BCUT2D eigenvalue weighted by atomic mass is 10.1. The van der Waals surface area contributed by atoms with E-state index in [1.165, 1.54) is 4.90 Å². The zero-order valence-electron chi connectivity index (χ0n) is 15.8. The molecule has 0 radical (unpaired) electrons. The van der Waals surface area contributed by atoms with Gasteiger partial charge in [0.1, 0.15) is 0 Å². The second kappa shape index (κ2) is 8.50. The standard InChI is InChI=1S/C23H22N2O3/c1-16-7-13-20(14-8-16)24-22(27)17-9-11-18(12-10-17)23(28)25(2)21-6-4-3-5-19(21)15-26/h3-14,26H,15H2,1-2H3,(H,24,27). The molecule has 2 N–H and O–H groups in total. The van der Waals surface area contributed by atoms with Crippen molar-refractivity contribution in [1.82, 2.24) is 0 Å². The summed E-state index contributed by atoms with van der Waals surface area (Å²) in [5.74, 6) is -0.451. The number of nitrogens with one attached hydrogen (secondary N) is 1. The number of aliphatic hydroxyl groups excluding tert-OH is 1. The Balaban J connectivity index is 1.73. The monoisotopic (exact) mass is 374 g/mol. The maximum absolute atomic E-state index is 12.8. The van der Waals surface area contributed by atoms with E-state index in [1.54, 1.807) is 43.4 Å². The van der Waals surface area contributed by atoms with E-state index in [-0.39, 0.29) is 18.4 Å². The van der Waals surface area contributed by atoms with Gasteiger partial charge in [-0.05, 0) is 49.4 Å². The van der Waals surface area contributed by atoms with Gasteiger partial charge >= 0.3 is 0 Å². The summed E-state index contributed by atoms with van der Waals surface area (Å²) < 4.78 is 0. The Hall–Kier alpha value is -3.44. The maximum atomic E-state index is 12.8. The third-order valence-corrected chi connectivity index (χ3v) is 4.53. The normalized spacial score (nSPS) is 10.4. The Labute approximate surface area is 164 Å². The number of aryl methyl sites for hydroxylation is 1. The molecule has 5 heteroatoms. The molecule has 3 aromatic rings. The lowest BCUT2D eigenvalue weighted by Gasteiger charge is -2.20. The van der Waals surface area contributed by atoms with Crippen LogP contribution in [0.3, 0.4) is 0 Å². The Morgan fingerprint density at radius 3 is 2.14 bits per heavy atom. The molecule has 0 aliphatic heterocycles. The molecule has 0 fully saturated rings. The molecule has 2 amide bonds. The maximum Gasteiger partial charge on any atom is 0.258 e. The molecule has 0 saturated carbocycles. The number of hydrogen-bond donors (Lipinski definition) is 2. The smallest absolute Gasteiger partial charge is 0.258 e. The third-order valence-electron chi connectivity index (χ3n) is 4.53. The van der Waals surface area contributed by atoms with Gasteiger partial charge < -0.3 is 15.3 Å². The SMILES string of the molecule is Cc1ccc(NC(=O)c2ccc(C(=O)N(C)c3ccccc3CO)cc2)cc1. The highest BCUT2D eigenvalue weighted by molar-refractivity contribution is 6.08. The van der Waals surface area contributed by atoms with E-state index in [4.69, 9.17) is 0 Å². The number of carbonyl (C=O) groups is 2. The van der Waals surface area contributed by atoms with Gasteiger partial charge in [-0.1, -0.05) is 35.9 Å². The number of aliphatic hydroxyl groups is 1. The molecular weight excluding hydrogens is 352 g/mol. The van der Waals surface area contributed by atoms with Gasteiger partial charge in [0.25, 0.3) is 11.8 Å². The van der Waals surface area contributed by atoms with Crippen LogP contribution in [0.2, 0.25) is 0 Å². The second-order valence-electron chi connectivity index (χ2n) is 6.55. The van der Waals surface area contributed by atoms with Crippen molar-refractivity contribution in [1.29, 1.82) is 0 Å². The fraction of sp³-hybridized carbons (Fsp3) is 0.130. The average molecular weight is 374 g/mol. The highest BCUT2D eigenvalue weighted by atomic mass is 16.3. The zero-order chi connectivity index (χ0) is 20.1. The van der Waals surface area contributed by atoms with E-state index in [2.05, 4.69) is 5.32 Å². The molecule has 0 bridgehead atoms. The molecule has 3 rings (SSSR count). The second-order valence-corrected chi connectivity index (χ2v) is 6.55. The number of hydrogen-bond acceptors (Lipinski definition) is 3. The zero-order valence-corrected chi connectivity index (χ0v) is 15.8. The van der Waals surface area contributed by atoms with Crippen molar-refractivity contribution in [3.05, 3.63) is 95.1 Å². The molecule has 0 heterocycles. The summed E-state index contributed by atoms with van der Waals surface area (Å²) in [7, 11) is 1.66. The molecule has 28 heavy (non-hydrogen) atoms. The van der Waals surface area contributed by atoms with Crippen LogP contribution in [0.5, 0.6) is 0 Å². The Morgan fingerprint density at radius 1 is 0.893 bits per heavy atom. The number of nitrogens with zero attached hydrogens (tertiary/aromatic N) is 1. The first-order valence-corrected chi connectivity index (χ1v) is 8.94. The van der Waals surface area contributed by atoms with Crippen molar-refractivity contribution in [2.45, 2.75) is 13.5 Å². The van der Waals surface area contributed by atoms with Crippen molar-refractivity contribution < 1.29 is 14.7 Å². The Morgan fingerprint density at radius 2 is 1.50 bits per heavy atom. The van der Waals surface area contributed by atoms with E-state index >= 15 is 0 Å². The van der Waals surface area contributed by atoms with E-state index in [1.807, 2.05) is 43.3 Å². The van der Waals surface area contributed by atoms with Crippen molar-refractivity contribution in [2.24, 2.45) is 0 Å². The lowest BCUT2D eigenvalue weighted by Crippen LogP contribution is -2.27. The summed E-state index contributed by atoms with van der Waals surface area (Å²) in [4.78, 5) is 26.6. The Kier molecular flexibility index (Phi) is 5.87. The molecule has 0 unspecified atom stereocenters. The predicted octanol–water partition coefficient (Wildman–Crippen LogP) is 4.02. The van der Waals surface area contributed by atoms with Crippen LogP contribution in [0.1, 0.15) is 31.8 Å². The Bertz CT molecular complexity index is 979. The van der Waals surface area contributed by atoms with Crippen LogP contribution in [-0.4, -0.2) is 24.0 Å². The summed E-state index contributed by atoms with van der Waals surface area (Å²) in [5.41, 5.74) is 4.09. The highest BCUT2D eigenvalue weighted by Crippen LogP contribution is 2.21. The third kappa shape index (κ3) is 4.27. The summed E-state index contributed by atoms with van der Waals surface area (Å²) in [6.45, 7) is 1.84. The van der Waals surface area contributed by atoms with Crippen LogP contribution in [0.15, 0.2) is 72.8 Å². The topological polar surface area (TPSA) is 69.6 Å². The first-order chi connectivity index (χ1) is 13.5. The molecule has 0 aliphatic carbocycles. The van der Waals surface area contributed by atoms with E-state index in [9.17, 15) is 14.7 Å². The van der Waals surface area contributed by atoms with Gasteiger partial charge in [0.15, 0.2) is 0 Å². The van der Waals surface area contributed by atoms with Gasteiger partial charge in [-0.3, -0.25) is 9.59 Å². The van der Waals surface area contributed by atoms with E-state index in [0.29, 0.717) is 22.4 Å². The van der Waals surface area contributed by atoms with Crippen LogP contribution in [0, 0.1) is 6.92 Å². The minimum atomic E-state index is -0.234. The van der Waals surface area contributed by atoms with Gasteiger partial charge in [-0.15, -0.1) is 0 Å². The van der Waals surface area contributed by atoms with Crippen LogP contribution < -0.4 is 10.2 Å². The molecule has 0 aromatic heterocycles. The van der Waals surface area contributed by atoms with Crippen LogP contribution >= 0.6 is 0 Å². The van der Waals surface area contributed by atoms with Crippen molar-refractivity contribution >= 4 is 23.2 Å². The number of carbonyl (C=O) groups excluding carboxylic acids is 2. The minimum absolute atomic E-state index is 0.147. The van der Waals surface area contributed by atoms with Crippen molar-refractivity contribution in [3.8, 4) is 0 Å². The first-order valence-electron chi connectivity index (χ1n) is 8.94. The number of para-hydroxylation sites is 1. The fourth-order valence-corrected chi connectivity index (χ4v) is 2.88. The van der Waals surface area contributed by atoms with E-state index in [0.717, 1.165) is 11.3 Å². The minimum Gasteiger partial charge on any atom is -0.392 e. The number of anilines is 2. The average Bonchev–Trinajstić information content (AvgIpc) is 2.74.